The molecule has 2 rings (SSSR count). The smallest absolute Gasteiger partial charge is 0.250 e. The lowest BCUT2D eigenvalue weighted by Crippen LogP contribution is -2.19. The first-order valence-electron chi connectivity index (χ1n) is 6.81. The van der Waals surface area contributed by atoms with Crippen molar-refractivity contribution >= 4 is 24.0 Å². The van der Waals surface area contributed by atoms with E-state index >= 15 is 0 Å². The van der Waals surface area contributed by atoms with Gasteiger partial charge in [-0.15, -0.1) is 12.4 Å². The number of nitrogens with zero attached hydrogens (tertiary/aromatic N) is 2. The summed E-state index contributed by atoms with van der Waals surface area (Å²) >= 11 is 0. The molecule has 9 heteroatoms. The number of aromatic amines is 1. The maximum absolute atomic E-state index is 11.7. The first-order chi connectivity index (χ1) is 10.7. The summed E-state index contributed by atoms with van der Waals surface area (Å²) in [5, 5.41) is 9.56. The van der Waals surface area contributed by atoms with E-state index in [4.69, 9.17) is 15.2 Å². The molecule has 8 nitrogen and oxygen atoms in total. The highest BCUT2D eigenvalue weighted by Crippen LogP contribution is 2.17. The molecule has 0 aliphatic rings. The van der Waals surface area contributed by atoms with Crippen LogP contribution in [0.25, 0.3) is 11.4 Å². The summed E-state index contributed by atoms with van der Waals surface area (Å²) in [4.78, 5) is 15.9. The molecule has 1 heterocycles. The Morgan fingerprint density at radius 2 is 2.04 bits per heavy atom. The van der Waals surface area contributed by atoms with Crippen LogP contribution in [0.2, 0.25) is 0 Å². The fraction of sp³-hybridized carbons (Fsp3) is 0.357. The van der Waals surface area contributed by atoms with Crippen LogP contribution in [0.5, 0.6) is 0 Å². The molecule has 1 amide bonds. The van der Waals surface area contributed by atoms with Gasteiger partial charge in [-0.2, -0.15) is 5.10 Å². The van der Waals surface area contributed by atoms with Crippen molar-refractivity contribution in [2.75, 3.05) is 32.2 Å². The normalized spacial score (nSPS) is 10.2. The van der Waals surface area contributed by atoms with Crippen LogP contribution in [-0.2, 0) is 20.8 Å². The molecule has 1 aromatic carbocycles. The first kappa shape index (κ1) is 19.0. The van der Waals surface area contributed by atoms with E-state index in [-0.39, 0.29) is 24.9 Å². The van der Waals surface area contributed by atoms with Gasteiger partial charge < -0.3 is 20.5 Å². The Morgan fingerprint density at radius 1 is 1.30 bits per heavy atom. The van der Waals surface area contributed by atoms with Crippen LogP contribution < -0.4 is 11.1 Å². The van der Waals surface area contributed by atoms with Gasteiger partial charge in [-0.3, -0.25) is 9.89 Å². The van der Waals surface area contributed by atoms with Gasteiger partial charge in [0.25, 0.3) is 0 Å². The molecule has 0 saturated heterocycles. The van der Waals surface area contributed by atoms with Gasteiger partial charge in [0, 0.05) is 18.4 Å². The number of hydrogen-bond acceptors (Lipinski definition) is 6. The molecule has 0 saturated carbocycles. The Kier molecular flexibility index (Phi) is 8.20. The van der Waals surface area contributed by atoms with E-state index < -0.39 is 0 Å². The topological polar surface area (TPSA) is 115 Å². The minimum Gasteiger partial charge on any atom is -0.382 e. The minimum absolute atomic E-state index is 0. The predicted molar refractivity (Wildman–Crippen MR) is 88.3 cm³/mol. The molecule has 2 aromatic rings. The number of nitrogens with two attached hydrogens (primary N) is 1. The van der Waals surface area contributed by atoms with Gasteiger partial charge >= 0.3 is 0 Å². The zero-order valence-electron chi connectivity index (χ0n) is 12.7. The monoisotopic (exact) mass is 341 g/mol. The molecule has 1 aromatic heterocycles. The van der Waals surface area contributed by atoms with Crippen molar-refractivity contribution in [2.24, 2.45) is 5.73 Å². The Bertz CT molecular complexity index is 603. The third-order valence-corrected chi connectivity index (χ3v) is 2.82. The van der Waals surface area contributed by atoms with Gasteiger partial charge in [0.2, 0.25) is 5.91 Å². The molecule has 126 valence electrons. The number of anilines is 1. The summed E-state index contributed by atoms with van der Waals surface area (Å²) < 4.78 is 9.97. The van der Waals surface area contributed by atoms with E-state index in [1.807, 2.05) is 12.1 Å². The molecule has 0 radical (unpaired) electrons. The highest BCUT2D eigenvalue weighted by atomic mass is 35.5. The summed E-state index contributed by atoms with van der Waals surface area (Å²) in [6.45, 7) is 1.15. The number of halogens is 1. The van der Waals surface area contributed by atoms with Crippen molar-refractivity contribution in [3.63, 3.8) is 0 Å². The van der Waals surface area contributed by atoms with Crippen LogP contribution in [0.1, 0.15) is 5.82 Å². The lowest BCUT2D eigenvalue weighted by atomic mass is 10.2. The number of carbonyl (C=O) groups excluding carboxylic acids is 1. The third kappa shape index (κ3) is 5.95. The number of carbonyl (C=O) groups is 1. The van der Waals surface area contributed by atoms with E-state index in [0.717, 1.165) is 5.56 Å². The molecule has 0 fully saturated rings. The maximum Gasteiger partial charge on any atom is 0.250 e. The molecular weight excluding hydrogens is 322 g/mol. The van der Waals surface area contributed by atoms with Crippen molar-refractivity contribution in [2.45, 2.75) is 6.54 Å². The van der Waals surface area contributed by atoms with E-state index in [9.17, 15) is 4.79 Å². The van der Waals surface area contributed by atoms with E-state index in [2.05, 4.69) is 20.5 Å². The molecular formula is C14H20ClN5O3. The SMILES string of the molecule is COCCOCC(=O)Nc1ccc(-c2n[nH]c(CN)n2)cc1.Cl. The van der Waals surface area contributed by atoms with Gasteiger partial charge in [0.1, 0.15) is 12.4 Å². The van der Waals surface area contributed by atoms with Crippen molar-refractivity contribution in [1.29, 1.82) is 0 Å². The number of aromatic nitrogens is 3. The van der Waals surface area contributed by atoms with Gasteiger partial charge in [0.05, 0.1) is 19.8 Å². The third-order valence-electron chi connectivity index (χ3n) is 2.82. The Hall–Kier alpha value is -2.00. The zero-order valence-corrected chi connectivity index (χ0v) is 13.6. The van der Waals surface area contributed by atoms with E-state index in [1.54, 1.807) is 19.2 Å². The zero-order chi connectivity index (χ0) is 15.8. The van der Waals surface area contributed by atoms with Crippen LogP contribution >= 0.6 is 12.4 Å². The van der Waals surface area contributed by atoms with E-state index in [0.29, 0.717) is 37.1 Å². The molecule has 0 atom stereocenters. The Balaban J connectivity index is 0.00000264. The highest BCUT2D eigenvalue weighted by Gasteiger charge is 2.06. The molecule has 0 unspecified atom stereocenters. The molecule has 0 spiro atoms. The van der Waals surface area contributed by atoms with Crippen LogP contribution in [0.15, 0.2) is 24.3 Å². The number of methoxy groups -OCH3 is 1. The van der Waals surface area contributed by atoms with Crippen LogP contribution in [0.4, 0.5) is 5.69 Å². The number of benzene rings is 1. The largest absolute Gasteiger partial charge is 0.382 e. The van der Waals surface area contributed by atoms with Crippen molar-refractivity contribution < 1.29 is 14.3 Å². The second-order valence-electron chi connectivity index (χ2n) is 4.48. The summed E-state index contributed by atoms with van der Waals surface area (Å²) in [5.41, 5.74) is 7.00. The number of H-pyrrole nitrogens is 1. The van der Waals surface area contributed by atoms with Crippen molar-refractivity contribution in [3.05, 3.63) is 30.1 Å². The van der Waals surface area contributed by atoms with Gasteiger partial charge in [-0.25, -0.2) is 4.98 Å². The number of nitrogens with one attached hydrogen (secondary N) is 2. The second-order valence-corrected chi connectivity index (χ2v) is 4.48. The molecule has 23 heavy (non-hydrogen) atoms. The quantitative estimate of drug-likeness (QED) is 0.616. The lowest BCUT2D eigenvalue weighted by Gasteiger charge is -2.06. The predicted octanol–water partition coefficient (Wildman–Crippen LogP) is 0.954. The van der Waals surface area contributed by atoms with Gasteiger partial charge in [0.15, 0.2) is 5.82 Å². The van der Waals surface area contributed by atoms with Crippen LogP contribution in [0.3, 0.4) is 0 Å². The van der Waals surface area contributed by atoms with Crippen LogP contribution in [-0.4, -0.2) is 48.0 Å². The summed E-state index contributed by atoms with van der Waals surface area (Å²) in [6.07, 6.45) is 0. The summed E-state index contributed by atoms with van der Waals surface area (Å²) in [5.74, 6) is 0.981. The number of amides is 1. The van der Waals surface area contributed by atoms with Gasteiger partial charge in [-0.05, 0) is 24.3 Å². The Labute approximate surface area is 140 Å². The van der Waals surface area contributed by atoms with Crippen LogP contribution in [0, 0.1) is 0 Å². The number of hydrogen-bond donors (Lipinski definition) is 3. The second kappa shape index (κ2) is 9.90. The highest BCUT2D eigenvalue weighted by molar-refractivity contribution is 5.91. The van der Waals surface area contributed by atoms with Gasteiger partial charge in [-0.1, -0.05) is 0 Å². The number of ether oxygens (including phenoxy) is 2. The number of rotatable bonds is 8. The average molecular weight is 342 g/mol. The fourth-order valence-electron chi connectivity index (χ4n) is 1.72. The summed E-state index contributed by atoms with van der Waals surface area (Å²) in [7, 11) is 1.58. The van der Waals surface area contributed by atoms with E-state index in [1.165, 1.54) is 0 Å². The molecule has 0 aliphatic heterocycles. The first-order valence-corrected chi connectivity index (χ1v) is 6.81. The average Bonchev–Trinajstić information content (AvgIpc) is 3.01. The Morgan fingerprint density at radius 3 is 2.65 bits per heavy atom. The molecule has 4 N–H and O–H groups in total. The van der Waals surface area contributed by atoms with Crippen molar-refractivity contribution in [3.8, 4) is 11.4 Å². The standard InChI is InChI=1S/C14H19N5O3.ClH/c1-21-6-7-22-9-13(20)16-11-4-2-10(3-5-11)14-17-12(8-15)18-19-14;/h2-5H,6-9,15H2,1H3,(H,16,20)(H,17,18,19);1H. The molecule has 0 bridgehead atoms. The molecule has 0 aliphatic carbocycles. The minimum atomic E-state index is -0.216. The lowest BCUT2D eigenvalue weighted by molar-refractivity contribution is -0.121. The van der Waals surface area contributed by atoms with Crippen molar-refractivity contribution in [1.82, 2.24) is 15.2 Å². The maximum atomic E-state index is 11.7. The summed E-state index contributed by atoms with van der Waals surface area (Å²) in [6, 6.07) is 7.21. The fourth-order valence-corrected chi connectivity index (χ4v) is 1.72.